The molecule has 0 aliphatic carbocycles. The topological polar surface area (TPSA) is 54.3 Å². The second-order valence-electron chi connectivity index (χ2n) is 7.83. The van der Waals surface area contributed by atoms with Gasteiger partial charge in [-0.1, -0.05) is 42.5 Å². The van der Waals surface area contributed by atoms with Gasteiger partial charge in [-0.05, 0) is 57.6 Å². The average molecular weight is 390 g/mol. The Bertz CT molecular complexity index is 990. The van der Waals surface area contributed by atoms with Crippen molar-refractivity contribution in [2.24, 2.45) is 0 Å². The molecule has 0 N–H and O–H groups in total. The molecule has 0 spiro atoms. The zero-order valence-electron chi connectivity index (χ0n) is 17.2. The summed E-state index contributed by atoms with van der Waals surface area (Å²) in [4.78, 5) is 22.0. The molecule has 3 aromatic rings. The number of likely N-dealkylation sites (tertiary alicyclic amines) is 1. The first-order chi connectivity index (χ1) is 14.0. The van der Waals surface area contributed by atoms with Crippen molar-refractivity contribution in [1.82, 2.24) is 24.6 Å². The summed E-state index contributed by atoms with van der Waals surface area (Å²) >= 11 is 0. The van der Waals surface area contributed by atoms with Gasteiger partial charge in [0.1, 0.15) is 0 Å². The third-order valence-corrected chi connectivity index (χ3v) is 5.63. The lowest BCUT2D eigenvalue weighted by Gasteiger charge is -2.34. The zero-order chi connectivity index (χ0) is 20.4. The number of hydrogen-bond acceptors (Lipinski definition) is 4. The molecule has 0 saturated carbocycles. The number of carbonyl (C=O) groups excluding carboxylic acids is 1. The van der Waals surface area contributed by atoms with Crippen molar-refractivity contribution in [3.05, 3.63) is 66.0 Å². The summed E-state index contributed by atoms with van der Waals surface area (Å²) < 4.78 is 1.78. The van der Waals surface area contributed by atoms with Gasteiger partial charge < -0.3 is 9.80 Å². The summed E-state index contributed by atoms with van der Waals surface area (Å²) in [5, 5.41) is 4.63. The Morgan fingerprint density at radius 3 is 2.48 bits per heavy atom. The number of piperidine rings is 1. The second kappa shape index (κ2) is 8.17. The van der Waals surface area contributed by atoms with E-state index in [9.17, 15) is 4.79 Å². The minimum atomic E-state index is -0.122. The number of nitrogens with zero attached hydrogens (tertiary/aromatic N) is 5. The van der Waals surface area contributed by atoms with Crippen LogP contribution >= 0.6 is 0 Å². The number of hydrogen-bond donors (Lipinski definition) is 0. The van der Waals surface area contributed by atoms with E-state index in [1.54, 1.807) is 4.68 Å². The van der Waals surface area contributed by atoms with E-state index in [0.29, 0.717) is 5.82 Å². The van der Waals surface area contributed by atoms with Crippen LogP contribution in [0.4, 0.5) is 0 Å². The number of rotatable bonds is 4. The van der Waals surface area contributed by atoms with E-state index in [2.05, 4.69) is 28.1 Å². The monoisotopic (exact) mass is 389 g/mol. The van der Waals surface area contributed by atoms with Gasteiger partial charge in [-0.15, -0.1) is 5.10 Å². The molecule has 0 atom stereocenters. The van der Waals surface area contributed by atoms with Gasteiger partial charge >= 0.3 is 0 Å². The molecule has 0 radical (unpaired) electrons. The van der Waals surface area contributed by atoms with Crippen LogP contribution in [0.2, 0.25) is 0 Å². The fourth-order valence-electron chi connectivity index (χ4n) is 3.82. The van der Waals surface area contributed by atoms with Crippen molar-refractivity contribution in [2.75, 3.05) is 27.2 Å². The SMILES string of the molecule is Cc1cccc(-n2nc(C(=O)N(C)C3CCN(C)CC3)nc2-c2ccccc2)c1. The third-order valence-electron chi connectivity index (χ3n) is 5.63. The van der Waals surface area contributed by atoms with Gasteiger partial charge in [0.2, 0.25) is 5.82 Å². The van der Waals surface area contributed by atoms with E-state index in [4.69, 9.17) is 0 Å². The Morgan fingerprint density at radius 2 is 1.79 bits per heavy atom. The lowest BCUT2D eigenvalue weighted by molar-refractivity contribution is 0.0647. The maximum Gasteiger partial charge on any atom is 0.293 e. The number of aromatic nitrogens is 3. The summed E-state index contributed by atoms with van der Waals surface area (Å²) in [6.45, 7) is 4.05. The number of benzene rings is 2. The predicted octanol–water partition coefficient (Wildman–Crippen LogP) is 3.41. The molecule has 1 aliphatic heterocycles. The van der Waals surface area contributed by atoms with E-state index in [-0.39, 0.29) is 17.8 Å². The molecule has 0 unspecified atom stereocenters. The average Bonchev–Trinajstić information content (AvgIpc) is 3.19. The molecule has 1 fully saturated rings. The van der Waals surface area contributed by atoms with Gasteiger partial charge in [-0.3, -0.25) is 4.79 Å². The Labute approximate surface area is 171 Å². The fraction of sp³-hybridized carbons (Fsp3) is 0.348. The van der Waals surface area contributed by atoms with Crippen molar-refractivity contribution in [1.29, 1.82) is 0 Å². The van der Waals surface area contributed by atoms with Crippen molar-refractivity contribution < 1.29 is 4.79 Å². The van der Waals surface area contributed by atoms with Gasteiger partial charge in [0.05, 0.1) is 5.69 Å². The van der Waals surface area contributed by atoms with Crippen LogP contribution in [-0.4, -0.2) is 63.7 Å². The summed E-state index contributed by atoms with van der Waals surface area (Å²) in [5.74, 6) is 0.797. The first-order valence-electron chi connectivity index (χ1n) is 10.1. The van der Waals surface area contributed by atoms with Crippen LogP contribution in [0.5, 0.6) is 0 Å². The van der Waals surface area contributed by atoms with Crippen LogP contribution in [-0.2, 0) is 0 Å². The lowest BCUT2D eigenvalue weighted by atomic mass is 10.0. The third kappa shape index (κ3) is 4.07. The van der Waals surface area contributed by atoms with Crippen LogP contribution in [0.3, 0.4) is 0 Å². The maximum atomic E-state index is 13.2. The first-order valence-corrected chi connectivity index (χ1v) is 10.1. The second-order valence-corrected chi connectivity index (χ2v) is 7.83. The van der Waals surface area contributed by atoms with Gasteiger partial charge in [0, 0.05) is 18.7 Å². The first kappa shape index (κ1) is 19.3. The minimum Gasteiger partial charge on any atom is -0.336 e. The number of amides is 1. The normalized spacial score (nSPS) is 15.4. The van der Waals surface area contributed by atoms with Crippen molar-refractivity contribution >= 4 is 5.91 Å². The van der Waals surface area contributed by atoms with E-state index in [1.807, 2.05) is 67.4 Å². The van der Waals surface area contributed by atoms with E-state index in [1.165, 1.54) is 0 Å². The molecule has 1 saturated heterocycles. The molecule has 1 aliphatic rings. The van der Waals surface area contributed by atoms with Crippen molar-refractivity contribution in [2.45, 2.75) is 25.8 Å². The number of carbonyl (C=O) groups is 1. The van der Waals surface area contributed by atoms with Gasteiger partial charge in [0.25, 0.3) is 5.91 Å². The minimum absolute atomic E-state index is 0.122. The molecule has 2 aromatic carbocycles. The highest BCUT2D eigenvalue weighted by atomic mass is 16.2. The molecule has 1 amide bonds. The van der Waals surface area contributed by atoms with E-state index >= 15 is 0 Å². The van der Waals surface area contributed by atoms with E-state index < -0.39 is 0 Å². The largest absolute Gasteiger partial charge is 0.336 e. The highest BCUT2D eigenvalue weighted by molar-refractivity contribution is 5.91. The molecule has 2 heterocycles. The Hall–Kier alpha value is -2.99. The maximum absolute atomic E-state index is 13.2. The Kier molecular flexibility index (Phi) is 5.45. The van der Waals surface area contributed by atoms with Gasteiger partial charge in [-0.2, -0.15) is 0 Å². The standard InChI is InChI=1S/C23H27N5O/c1-17-8-7-11-20(16-17)28-22(18-9-5-4-6-10-18)24-21(25-28)23(29)27(3)19-12-14-26(2)15-13-19/h4-11,16,19H,12-15H2,1-3H3. The molecular formula is C23H27N5O. The van der Waals surface area contributed by atoms with Gasteiger partial charge in [0.15, 0.2) is 5.82 Å². The summed E-state index contributed by atoms with van der Waals surface area (Å²) in [5.41, 5.74) is 2.97. The van der Waals surface area contributed by atoms with Crippen LogP contribution < -0.4 is 0 Å². The molecule has 6 heteroatoms. The summed E-state index contributed by atoms with van der Waals surface area (Å²) in [7, 11) is 3.99. The predicted molar refractivity (Wildman–Crippen MR) is 114 cm³/mol. The van der Waals surface area contributed by atoms with Crippen LogP contribution in [0, 0.1) is 6.92 Å². The Balaban J connectivity index is 1.70. The van der Waals surface area contributed by atoms with Crippen molar-refractivity contribution in [3.8, 4) is 17.1 Å². The highest BCUT2D eigenvalue weighted by Gasteiger charge is 2.28. The van der Waals surface area contributed by atoms with E-state index in [0.717, 1.165) is 42.7 Å². The summed E-state index contributed by atoms with van der Waals surface area (Å²) in [6, 6.07) is 18.2. The number of aryl methyl sites for hydroxylation is 1. The molecule has 1 aromatic heterocycles. The summed E-state index contributed by atoms with van der Waals surface area (Å²) in [6.07, 6.45) is 1.95. The van der Waals surface area contributed by atoms with Crippen LogP contribution in [0.15, 0.2) is 54.6 Å². The van der Waals surface area contributed by atoms with Crippen LogP contribution in [0.1, 0.15) is 29.0 Å². The Morgan fingerprint density at radius 1 is 1.07 bits per heavy atom. The molecular weight excluding hydrogens is 362 g/mol. The molecule has 0 bridgehead atoms. The highest BCUT2D eigenvalue weighted by Crippen LogP contribution is 2.23. The molecule has 150 valence electrons. The quantitative estimate of drug-likeness (QED) is 0.686. The molecule has 29 heavy (non-hydrogen) atoms. The zero-order valence-corrected chi connectivity index (χ0v) is 17.2. The molecule has 6 nitrogen and oxygen atoms in total. The lowest BCUT2D eigenvalue weighted by Crippen LogP contribution is -2.44. The van der Waals surface area contributed by atoms with Crippen molar-refractivity contribution in [3.63, 3.8) is 0 Å². The smallest absolute Gasteiger partial charge is 0.293 e. The van der Waals surface area contributed by atoms with Crippen LogP contribution in [0.25, 0.3) is 17.1 Å². The van der Waals surface area contributed by atoms with Gasteiger partial charge in [-0.25, -0.2) is 9.67 Å². The molecule has 4 rings (SSSR count). The fourth-order valence-corrected chi connectivity index (χ4v) is 3.82.